The summed E-state index contributed by atoms with van der Waals surface area (Å²) in [5, 5.41) is 2.71. The molecule has 146 valence electrons. The molecule has 2 fully saturated rings. The highest BCUT2D eigenvalue weighted by Gasteiger charge is 2.39. The van der Waals surface area contributed by atoms with E-state index >= 15 is 0 Å². The Morgan fingerprint density at radius 1 is 1.22 bits per heavy atom. The Bertz CT molecular complexity index is 699. The van der Waals surface area contributed by atoms with E-state index in [0.29, 0.717) is 12.3 Å². The van der Waals surface area contributed by atoms with Gasteiger partial charge in [0.1, 0.15) is 5.75 Å². The molecule has 1 aliphatic heterocycles. The maximum Gasteiger partial charge on any atom is 0.311 e. The van der Waals surface area contributed by atoms with Crippen molar-refractivity contribution in [1.29, 1.82) is 0 Å². The van der Waals surface area contributed by atoms with E-state index in [1.165, 1.54) is 0 Å². The van der Waals surface area contributed by atoms with Crippen LogP contribution in [0.4, 0.5) is 0 Å². The Balaban J connectivity index is 1.42. The Morgan fingerprint density at radius 3 is 2.70 bits per heavy atom. The Labute approximate surface area is 159 Å². The summed E-state index contributed by atoms with van der Waals surface area (Å²) in [5.74, 6) is -0.627. The van der Waals surface area contributed by atoms with Crippen LogP contribution in [-0.4, -0.2) is 49.0 Å². The van der Waals surface area contributed by atoms with Crippen LogP contribution < -0.4 is 10.1 Å². The van der Waals surface area contributed by atoms with Crippen LogP contribution in [0.2, 0.25) is 0 Å². The van der Waals surface area contributed by atoms with E-state index in [-0.39, 0.29) is 37.4 Å². The predicted molar refractivity (Wildman–Crippen MR) is 97.9 cm³/mol. The van der Waals surface area contributed by atoms with Crippen molar-refractivity contribution < 1.29 is 23.9 Å². The molecule has 0 unspecified atom stereocenters. The lowest BCUT2D eigenvalue weighted by atomic mass is 10.1. The van der Waals surface area contributed by atoms with E-state index in [1.807, 2.05) is 29.2 Å². The van der Waals surface area contributed by atoms with Gasteiger partial charge >= 0.3 is 5.97 Å². The number of methoxy groups -OCH3 is 1. The molecule has 1 aromatic rings. The Morgan fingerprint density at radius 2 is 1.96 bits per heavy atom. The van der Waals surface area contributed by atoms with E-state index in [0.717, 1.165) is 31.2 Å². The Hall–Kier alpha value is -2.57. The van der Waals surface area contributed by atoms with Gasteiger partial charge in [0.15, 0.2) is 6.61 Å². The highest BCUT2D eigenvalue weighted by molar-refractivity contribution is 5.88. The molecule has 1 aliphatic carbocycles. The quantitative estimate of drug-likeness (QED) is 0.734. The van der Waals surface area contributed by atoms with Gasteiger partial charge in [-0.1, -0.05) is 31.0 Å². The van der Waals surface area contributed by atoms with Crippen LogP contribution in [0.5, 0.6) is 5.75 Å². The third-order valence-electron chi connectivity index (χ3n) is 5.27. The second-order valence-corrected chi connectivity index (χ2v) is 7.08. The minimum absolute atomic E-state index is 0.0180. The summed E-state index contributed by atoms with van der Waals surface area (Å²) in [6.07, 6.45) is 4.47. The molecule has 7 nitrogen and oxygen atoms in total. The minimum Gasteiger partial charge on any atom is -0.496 e. The lowest BCUT2D eigenvalue weighted by Crippen LogP contribution is -2.35. The van der Waals surface area contributed by atoms with Gasteiger partial charge in [-0.15, -0.1) is 0 Å². The fourth-order valence-electron chi connectivity index (χ4n) is 3.81. The van der Waals surface area contributed by atoms with Gasteiger partial charge in [0.2, 0.25) is 5.91 Å². The highest BCUT2D eigenvalue weighted by atomic mass is 16.5. The number of amides is 2. The van der Waals surface area contributed by atoms with Gasteiger partial charge in [-0.05, 0) is 18.9 Å². The summed E-state index contributed by atoms with van der Waals surface area (Å²) in [6, 6.07) is 7.64. The van der Waals surface area contributed by atoms with Gasteiger partial charge < -0.3 is 19.7 Å². The molecule has 1 saturated heterocycles. The maximum absolute atomic E-state index is 12.2. The van der Waals surface area contributed by atoms with Gasteiger partial charge in [-0.3, -0.25) is 14.4 Å². The van der Waals surface area contributed by atoms with Crippen LogP contribution >= 0.6 is 0 Å². The highest BCUT2D eigenvalue weighted by Crippen LogP contribution is 2.29. The number of carbonyl (C=O) groups excluding carboxylic acids is 3. The van der Waals surface area contributed by atoms with Gasteiger partial charge in [0.25, 0.3) is 5.91 Å². The molecule has 0 spiro atoms. The molecular formula is C20H26N2O5. The van der Waals surface area contributed by atoms with Crippen molar-refractivity contribution in [3.8, 4) is 5.75 Å². The largest absolute Gasteiger partial charge is 0.496 e. The lowest BCUT2D eigenvalue weighted by Gasteiger charge is -2.23. The molecule has 0 aromatic heterocycles. The zero-order valence-electron chi connectivity index (χ0n) is 15.6. The molecule has 7 heteroatoms. The van der Waals surface area contributed by atoms with Crippen molar-refractivity contribution in [2.45, 2.75) is 44.7 Å². The first-order valence-corrected chi connectivity index (χ1v) is 9.43. The number of ether oxygens (including phenoxy) is 2. The van der Waals surface area contributed by atoms with Crippen molar-refractivity contribution in [3.05, 3.63) is 29.8 Å². The van der Waals surface area contributed by atoms with E-state index in [1.54, 1.807) is 7.11 Å². The van der Waals surface area contributed by atoms with Crippen molar-refractivity contribution in [2.75, 3.05) is 20.3 Å². The average Bonchev–Trinajstić information content (AvgIpc) is 3.34. The van der Waals surface area contributed by atoms with E-state index < -0.39 is 11.9 Å². The van der Waals surface area contributed by atoms with Crippen molar-refractivity contribution in [3.63, 3.8) is 0 Å². The molecule has 2 amide bonds. The first-order valence-electron chi connectivity index (χ1n) is 9.43. The predicted octanol–water partition coefficient (Wildman–Crippen LogP) is 1.65. The van der Waals surface area contributed by atoms with Gasteiger partial charge in [0, 0.05) is 31.1 Å². The molecule has 1 N–H and O–H groups in total. The molecule has 1 atom stereocenters. The SMILES string of the molecule is COc1ccccc1CNC(=O)COC(=O)[C@@H]1CC(=O)N(C2CCCC2)C1. The van der Waals surface area contributed by atoms with Crippen LogP contribution in [-0.2, 0) is 25.7 Å². The van der Waals surface area contributed by atoms with E-state index in [4.69, 9.17) is 9.47 Å². The van der Waals surface area contributed by atoms with Gasteiger partial charge in [-0.25, -0.2) is 0 Å². The van der Waals surface area contributed by atoms with Crippen molar-refractivity contribution in [1.82, 2.24) is 10.2 Å². The van der Waals surface area contributed by atoms with Crippen LogP contribution in [0.1, 0.15) is 37.7 Å². The second kappa shape index (κ2) is 8.88. The summed E-state index contributed by atoms with van der Waals surface area (Å²) in [5.41, 5.74) is 0.841. The van der Waals surface area contributed by atoms with E-state index in [2.05, 4.69) is 5.32 Å². The Kier molecular flexibility index (Phi) is 6.32. The third-order valence-corrected chi connectivity index (χ3v) is 5.27. The molecule has 0 radical (unpaired) electrons. The minimum atomic E-state index is -0.476. The summed E-state index contributed by atoms with van der Waals surface area (Å²) >= 11 is 0. The average molecular weight is 374 g/mol. The zero-order chi connectivity index (χ0) is 19.2. The van der Waals surface area contributed by atoms with Gasteiger partial charge in [0.05, 0.1) is 13.0 Å². The maximum atomic E-state index is 12.2. The van der Waals surface area contributed by atoms with Crippen LogP contribution in [0.25, 0.3) is 0 Å². The van der Waals surface area contributed by atoms with Crippen LogP contribution in [0, 0.1) is 5.92 Å². The molecule has 2 aliphatic rings. The number of nitrogens with zero attached hydrogens (tertiary/aromatic N) is 1. The summed E-state index contributed by atoms with van der Waals surface area (Å²) < 4.78 is 10.4. The number of nitrogens with one attached hydrogen (secondary N) is 1. The second-order valence-electron chi connectivity index (χ2n) is 7.08. The number of esters is 1. The number of para-hydroxylation sites is 1. The fourth-order valence-corrected chi connectivity index (χ4v) is 3.81. The number of hydrogen-bond donors (Lipinski definition) is 1. The number of benzene rings is 1. The summed E-state index contributed by atoms with van der Waals surface area (Å²) in [6.45, 7) is 0.352. The van der Waals surface area contributed by atoms with Crippen LogP contribution in [0.15, 0.2) is 24.3 Å². The smallest absolute Gasteiger partial charge is 0.311 e. The first kappa shape index (κ1) is 19.2. The summed E-state index contributed by atoms with van der Waals surface area (Å²) in [7, 11) is 1.57. The monoisotopic (exact) mass is 374 g/mol. The number of carbonyl (C=O) groups is 3. The molecular weight excluding hydrogens is 348 g/mol. The zero-order valence-corrected chi connectivity index (χ0v) is 15.6. The first-order chi connectivity index (χ1) is 13.1. The fraction of sp³-hybridized carbons (Fsp3) is 0.550. The topological polar surface area (TPSA) is 84.9 Å². The normalized spacial score (nSPS) is 20.0. The molecule has 1 aromatic carbocycles. The number of rotatable bonds is 7. The number of likely N-dealkylation sites (tertiary alicyclic amines) is 1. The third kappa shape index (κ3) is 4.78. The molecule has 3 rings (SSSR count). The number of hydrogen-bond acceptors (Lipinski definition) is 5. The van der Waals surface area contributed by atoms with E-state index in [9.17, 15) is 14.4 Å². The van der Waals surface area contributed by atoms with Crippen LogP contribution in [0.3, 0.4) is 0 Å². The standard InChI is InChI=1S/C20H26N2O5/c1-26-17-9-5-2-6-14(17)11-21-18(23)13-27-20(25)15-10-19(24)22(12-15)16-7-3-4-8-16/h2,5-6,9,15-16H,3-4,7-8,10-13H2,1H3,(H,21,23)/t15-/m1/s1. The molecule has 0 bridgehead atoms. The van der Waals surface area contributed by atoms with Crippen molar-refractivity contribution in [2.24, 2.45) is 5.92 Å². The van der Waals surface area contributed by atoms with Crippen molar-refractivity contribution >= 4 is 17.8 Å². The molecule has 27 heavy (non-hydrogen) atoms. The lowest BCUT2D eigenvalue weighted by molar-refractivity contribution is -0.152. The molecule has 1 heterocycles. The summed E-state index contributed by atoms with van der Waals surface area (Å²) in [4.78, 5) is 38.2. The van der Waals surface area contributed by atoms with Gasteiger partial charge in [-0.2, -0.15) is 0 Å². The molecule has 1 saturated carbocycles.